The first-order valence-corrected chi connectivity index (χ1v) is 12.6. The summed E-state index contributed by atoms with van der Waals surface area (Å²) >= 11 is 0. The number of hydrogen-bond acceptors (Lipinski definition) is 5. The van der Waals surface area contributed by atoms with E-state index >= 15 is 0 Å². The maximum absolute atomic E-state index is 10.8. The highest BCUT2D eigenvalue weighted by atomic mass is 31.2. The number of phosphoric acid groups is 2. The zero-order valence-corrected chi connectivity index (χ0v) is 18.4. The second-order valence-corrected chi connectivity index (χ2v) is 9.36. The highest BCUT2D eigenvalue weighted by Crippen LogP contribution is 2.37. The molecule has 0 radical (unpaired) electrons. The quantitative estimate of drug-likeness (QED) is 0.163. The molecule has 2 rings (SSSR count). The van der Waals surface area contributed by atoms with Crippen molar-refractivity contribution in [2.45, 2.75) is 32.1 Å². The molecule has 1 unspecified atom stereocenters. The molecule has 1 aliphatic carbocycles. The van der Waals surface area contributed by atoms with Crippen LogP contribution in [0.25, 0.3) is 5.53 Å². The summed E-state index contributed by atoms with van der Waals surface area (Å²) in [5.74, 6) is -0.233. The predicted octanol–water partition coefficient (Wildman–Crippen LogP) is 3.16. The molecule has 1 aromatic rings. The van der Waals surface area contributed by atoms with Crippen LogP contribution >= 0.6 is 15.6 Å². The zero-order valence-electron chi connectivity index (χ0n) is 16.6. The van der Waals surface area contributed by atoms with Gasteiger partial charge in [0.2, 0.25) is 0 Å². The smallest absolute Gasteiger partial charge is 0.361 e. The van der Waals surface area contributed by atoms with E-state index in [1.165, 1.54) is 0 Å². The van der Waals surface area contributed by atoms with Crippen molar-refractivity contribution in [2.24, 2.45) is 10.9 Å². The Labute approximate surface area is 179 Å². The summed E-state index contributed by atoms with van der Waals surface area (Å²) in [6.45, 7) is -0.282. The minimum Gasteiger partial charge on any atom is -0.361 e. The van der Waals surface area contributed by atoms with Crippen molar-refractivity contribution in [1.29, 1.82) is 0 Å². The molecule has 0 aromatic heterocycles. The summed E-state index contributed by atoms with van der Waals surface area (Å²) in [5.41, 5.74) is 12.1. The number of nitrogens with zero attached hydrogens (tertiary/aromatic N) is 3. The van der Waals surface area contributed by atoms with Gasteiger partial charge < -0.3 is 25.1 Å². The van der Waals surface area contributed by atoms with Crippen LogP contribution in [-0.2, 0) is 18.2 Å². The van der Waals surface area contributed by atoms with Crippen LogP contribution in [0.1, 0.15) is 32.1 Å². The van der Waals surface area contributed by atoms with Gasteiger partial charge in [0.25, 0.3) is 5.71 Å². The zero-order chi connectivity index (χ0) is 22.9. The molecule has 0 bridgehead atoms. The van der Waals surface area contributed by atoms with Crippen LogP contribution in [0.4, 0.5) is 5.69 Å². The first-order valence-electron chi connectivity index (χ1n) is 9.53. The molecule has 0 fully saturated rings. The number of para-hydroxylation sites is 1. The molecule has 1 aromatic carbocycles. The molecule has 1 atom stereocenters. The molecule has 4 N–H and O–H groups in total. The molecule has 11 nitrogen and oxygen atoms in total. The standard InChI is InChI=1S/C18H25N3O8P2/c19-21-18-13-14(6-4-10-28-30(22,23)24)17(20-16-8-2-1-3-9-16)12-15(18)7-5-11-29-31(25,26)27/h1-3,8-9,13,15H,4-7,10-12H2,(H2,22,23,24)(H2,25,26,27). The van der Waals surface area contributed by atoms with Crippen LogP contribution in [0.3, 0.4) is 0 Å². The topological polar surface area (TPSA) is 182 Å². The second kappa shape index (κ2) is 11.7. The normalized spacial score (nSPS) is 18.7. The highest BCUT2D eigenvalue weighted by molar-refractivity contribution is 7.46. The molecule has 0 saturated carbocycles. The van der Waals surface area contributed by atoms with Crippen molar-refractivity contribution in [3.63, 3.8) is 0 Å². The van der Waals surface area contributed by atoms with Gasteiger partial charge >= 0.3 is 15.6 Å². The van der Waals surface area contributed by atoms with E-state index in [0.717, 1.165) is 17.0 Å². The van der Waals surface area contributed by atoms with Gasteiger partial charge in [-0.15, -0.1) is 0 Å². The fraction of sp³-hybridized carbons (Fsp3) is 0.444. The number of phosphoric ester groups is 2. The Morgan fingerprint density at radius 3 is 2.23 bits per heavy atom. The van der Waals surface area contributed by atoms with Crippen LogP contribution < -0.4 is 0 Å². The molecule has 1 aliphatic rings. The van der Waals surface area contributed by atoms with E-state index in [4.69, 9.17) is 19.6 Å². The number of rotatable bonds is 11. The SMILES string of the molecule is [N-]=[N+]=C1C=C(CCCOP(=O)(O)O)C(=Nc2ccccc2)CC1CCCOP(=O)(O)O. The number of hydrogen-bond donors (Lipinski definition) is 4. The first kappa shape index (κ1) is 25.5. The lowest BCUT2D eigenvalue weighted by molar-refractivity contribution is -0.0113. The van der Waals surface area contributed by atoms with Gasteiger partial charge in [0.05, 0.1) is 24.8 Å². The van der Waals surface area contributed by atoms with Gasteiger partial charge in [0.15, 0.2) is 0 Å². The van der Waals surface area contributed by atoms with Gasteiger partial charge in [0.1, 0.15) is 0 Å². The van der Waals surface area contributed by atoms with Crippen molar-refractivity contribution >= 4 is 32.8 Å². The van der Waals surface area contributed by atoms with Gasteiger partial charge in [-0.3, -0.25) is 14.0 Å². The van der Waals surface area contributed by atoms with E-state index in [1.807, 2.05) is 30.3 Å². The van der Waals surface area contributed by atoms with E-state index in [-0.39, 0.29) is 19.1 Å². The molecule has 13 heteroatoms. The lowest BCUT2D eigenvalue weighted by Crippen LogP contribution is -2.25. The van der Waals surface area contributed by atoms with Crippen LogP contribution in [0.2, 0.25) is 0 Å². The number of aliphatic imine (C=N–C) groups is 1. The van der Waals surface area contributed by atoms with E-state index in [0.29, 0.717) is 37.8 Å². The Morgan fingerprint density at radius 1 is 1.03 bits per heavy atom. The molecule has 31 heavy (non-hydrogen) atoms. The lowest BCUT2D eigenvalue weighted by atomic mass is 9.82. The molecule has 0 heterocycles. The van der Waals surface area contributed by atoms with E-state index in [2.05, 4.69) is 18.8 Å². The molecular weight excluding hydrogens is 448 g/mol. The van der Waals surface area contributed by atoms with Crippen molar-refractivity contribution in [2.75, 3.05) is 13.2 Å². The number of allylic oxidation sites excluding steroid dienone is 2. The maximum atomic E-state index is 10.8. The van der Waals surface area contributed by atoms with Crippen molar-refractivity contribution in [1.82, 2.24) is 0 Å². The number of benzene rings is 1. The van der Waals surface area contributed by atoms with Gasteiger partial charge in [-0.25, -0.2) is 9.13 Å². The Morgan fingerprint density at radius 2 is 1.65 bits per heavy atom. The summed E-state index contributed by atoms with van der Waals surface area (Å²) in [7, 11) is -9.08. The Hall–Kier alpha value is -1.77. The first-order chi connectivity index (χ1) is 14.6. The van der Waals surface area contributed by atoms with Gasteiger partial charge in [-0.1, -0.05) is 18.2 Å². The van der Waals surface area contributed by atoms with Gasteiger partial charge in [0, 0.05) is 18.2 Å². The molecule has 0 saturated heterocycles. The van der Waals surface area contributed by atoms with E-state index in [9.17, 15) is 14.7 Å². The summed E-state index contributed by atoms with van der Waals surface area (Å²) < 4.78 is 30.6. The van der Waals surface area contributed by atoms with Crippen molar-refractivity contribution in [3.05, 3.63) is 47.5 Å². The molecule has 170 valence electrons. The third-order valence-corrected chi connectivity index (χ3v) is 5.53. The van der Waals surface area contributed by atoms with Gasteiger partial charge in [-0.2, -0.15) is 4.79 Å². The Balaban J connectivity index is 2.15. The Kier molecular flexibility index (Phi) is 9.65. The van der Waals surface area contributed by atoms with Crippen LogP contribution in [0.5, 0.6) is 0 Å². The fourth-order valence-electron chi connectivity index (χ4n) is 3.16. The summed E-state index contributed by atoms with van der Waals surface area (Å²) in [5, 5.41) is 0. The minimum absolute atomic E-state index is 0.138. The highest BCUT2D eigenvalue weighted by Gasteiger charge is 2.31. The summed E-state index contributed by atoms with van der Waals surface area (Å²) in [4.78, 5) is 43.2. The van der Waals surface area contributed by atoms with Crippen molar-refractivity contribution < 1.29 is 42.5 Å². The maximum Gasteiger partial charge on any atom is 0.469 e. The predicted molar refractivity (Wildman–Crippen MR) is 113 cm³/mol. The van der Waals surface area contributed by atoms with E-state index in [1.54, 1.807) is 6.08 Å². The fourth-order valence-corrected chi connectivity index (χ4v) is 3.89. The molecule has 0 amide bonds. The largest absolute Gasteiger partial charge is 0.469 e. The monoisotopic (exact) mass is 473 g/mol. The third-order valence-electron chi connectivity index (χ3n) is 4.49. The van der Waals surface area contributed by atoms with Crippen LogP contribution in [0.15, 0.2) is 47.0 Å². The lowest BCUT2D eigenvalue weighted by Gasteiger charge is -2.21. The Bertz CT molecular complexity index is 948. The molecule has 0 aliphatic heterocycles. The van der Waals surface area contributed by atoms with Crippen molar-refractivity contribution in [3.8, 4) is 0 Å². The third kappa shape index (κ3) is 9.93. The summed E-state index contributed by atoms with van der Waals surface area (Å²) in [6.07, 6.45) is 3.63. The average Bonchev–Trinajstić information content (AvgIpc) is 2.69. The second-order valence-electron chi connectivity index (χ2n) is 6.88. The van der Waals surface area contributed by atoms with E-state index < -0.39 is 15.6 Å². The molecular formula is C18H25N3O8P2. The van der Waals surface area contributed by atoms with Crippen LogP contribution in [-0.4, -0.2) is 49.0 Å². The molecule has 0 spiro atoms. The van der Waals surface area contributed by atoms with Crippen LogP contribution in [0, 0.1) is 5.92 Å². The average molecular weight is 473 g/mol. The minimum atomic E-state index is -4.54. The van der Waals surface area contributed by atoms with Gasteiger partial charge in [-0.05, 0) is 43.4 Å². The summed E-state index contributed by atoms with van der Waals surface area (Å²) in [6, 6.07) is 9.22.